The van der Waals surface area contributed by atoms with Gasteiger partial charge in [0.2, 0.25) is 0 Å². The maximum Gasteiger partial charge on any atom is 0.252 e. The largest absolute Gasteiger partial charge is 0.314 e. The maximum atomic E-state index is 12.5. The Morgan fingerprint density at radius 2 is 2.05 bits per heavy atom. The molecule has 0 spiro atoms. The second-order valence-electron chi connectivity index (χ2n) is 4.52. The molecular weight excluding hydrogens is 314 g/mol. The average Bonchev–Trinajstić information content (AvgIpc) is 3.08. The highest BCUT2D eigenvalue weighted by Crippen LogP contribution is 2.32. The summed E-state index contributed by atoms with van der Waals surface area (Å²) >= 11 is 2.87. The molecule has 108 valence electrons. The summed E-state index contributed by atoms with van der Waals surface area (Å²) in [5, 5.41) is 6.11. The minimum Gasteiger partial charge on any atom is -0.314 e. The van der Waals surface area contributed by atoms with Crippen LogP contribution < -0.4 is 5.32 Å². The quantitative estimate of drug-likeness (QED) is 0.932. The molecule has 1 aliphatic heterocycles. The van der Waals surface area contributed by atoms with Gasteiger partial charge < -0.3 is 5.32 Å². The van der Waals surface area contributed by atoms with Gasteiger partial charge in [-0.25, -0.2) is 13.4 Å². The van der Waals surface area contributed by atoms with Crippen molar-refractivity contribution in [1.82, 2.24) is 14.6 Å². The molecule has 1 N–H and O–H groups in total. The van der Waals surface area contributed by atoms with Crippen molar-refractivity contribution in [2.75, 3.05) is 26.2 Å². The molecule has 0 unspecified atom stereocenters. The van der Waals surface area contributed by atoms with Crippen LogP contribution in [0, 0.1) is 6.92 Å². The third kappa shape index (κ3) is 2.66. The second-order valence-corrected chi connectivity index (χ2v) is 8.84. The van der Waals surface area contributed by atoms with E-state index in [1.165, 1.54) is 11.3 Å². The lowest BCUT2D eigenvalue weighted by Crippen LogP contribution is -2.46. The zero-order valence-electron chi connectivity index (χ0n) is 11.0. The van der Waals surface area contributed by atoms with E-state index in [2.05, 4.69) is 10.3 Å². The van der Waals surface area contributed by atoms with Crippen LogP contribution in [0.5, 0.6) is 0 Å². The Labute approximate surface area is 126 Å². The lowest BCUT2D eigenvalue weighted by atomic mass is 10.4. The summed E-state index contributed by atoms with van der Waals surface area (Å²) in [5.74, 6) is 0. The van der Waals surface area contributed by atoms with E-state index in [0.717, 1.165) is 15.6 Å². The molecular formula is C12H15N3O2S3. The van der Waals surface area contributed by atoms with E-state index < -0.39 is 10.0 Å². The van der Waals surface area contributed by atoms with Crippen LogP contribution in [-0.2, 0) is 10.0 Å². The van der Waals surface area contributed by atoms with Gasteiger partial charge in [0.15, 0.2) is 0 Å². The van der Waals surface area contributed by atoms with Crippen molar-refractivity contribution in [3.05, 3.63) is 22.5 Å². The third-order valence-corrected chi connectivity index (χ3v) is 7.37. The predicted octanol–water partition coefficient (Wildman–Crippen LogP) is 1.77. The number of nitrogens with zero attached hydrogens (tertiary/aromatic N) is 2. The number of hydrogen-bond donors (Lipinski definition) is 1. The van der Waals surface area contributed by atoms with Crippen molar-refractivity contribution in [1.29, 1.82) is 0 Å². The van der Waals surface area contributed by atoms with Crippen LogP contribution in [0.3, 0.4) is 0 Å². The number of piperazine rings is 1. The summed E-state index contributed by atoms with van der Waals surface area (Å²) in [6.45, 7) is 4.43. The number of aromatic nitrogens is 1. The van der Waals surface area contributed by atoms with E-state index in [1.807, 2.05) is 18.4 Å². The van der Waals surface area contributed by atoms with Gasteiger partial charge in [-0.15, -0.1) is 22.7 Å². The van der Waals surface area contributed by atoms with Crippen LogP contribution in [-0.4, -0.2) is 43.9 Å². The van der Waals surface area contributed by atoms with Crippen LogP contribution in [0.2, 0.25) is 0 Å². The Morgan fingerprint density at radius 3 is 2.70 bits per heavy atom. The molecule has 0 radical (unpaired) electrons. The molecule has 3 heterocycles. The molecule has 8 heteroatoms. The van der Waals surface area contributed by atoms with Crippen LogP contribution in [0.4, 0.5) is 0 Å². The highest BCUT2D eigenvalue weighted by molar-refractivity contribution is 7.91. The molecule has 1 aliphatic rings. The normalized spacial score (nSPS) is 17.4. The lowest BCUT2D eigenvalue weighted by Gasteiger charge is -2.25. The van der Waals surface area contributed by atoms with Gasteiger partial charge in [0, 0.05) is 31.6 Å². The fourth-order valence-corrected chi connectivity index (χ4v) is 5.64. The van der Waals surface area contributed by atoms with Crippen LogP contribution in [0.15, 0.2) is 21.7 Å². The van der Waals surface area contributed by atoms with Gasteiger partial charge in [-0.3, -0.25) is 0 Å². The summed E-state index contributed by atoms with van der Waals surface area (Å²) < 4.78 is 27.0. The Morgan fingerprint density at radius 1 is 1.30 bits per heavy atom. The molecule has 2 aromatic rings. The van der Waals surface area contributed by atoms with Crippen molar-refractivity contribution in [2.24, 2.45) is 0 Å². The first-order valence-corrected chi connectivity index (χ1v) is 9.44. The van der Waals surface area contributed by atoms with E-state index in [4.69, 9.17) is 0 Å². The van der Waals surface area contributed by atoms with Crippen molar-refractivity contribution in [3.8, 4) is 10.6 Å². The highest BCUT2D eigenvalue weighted by Gasteiger charge is 2.27. The van der Waals surface area contributed by atoms with Crippen molar-refractivity contribution < 1.29 is 8.42 Å². The Kier molecular flexibility index (Phi) is 3.91. The van der Waals surface area contributed by atoms with Gasteiger partial charge >= 0.3 is 0 Å². The second kappa shape index (κ2) is 5.53. The van der Waals surface area contributed by atoms with E-state index >= 15 is 0 Å². The van der Waals surface area contributed by atoms with Crippen molar-refractivity contribution in [2.45, 2.75) is 11.1 Å². The zero-order chi connectivity index (χ0) is 14.2. The first-order chi connectivity index (χ1) is 9.57. The Bertz CT molecular complexity index is 699. The van der Waals surface area contributed by atoms with Crippen molar-refractivity contribution in [3.63, 3.8) is 0 Å². The van der Waals surface area contributed by atoms with Gasteiger partial charge in [0.1, 0.15) is 4.21 Å². The van der Waals surface area contributed by atoms with E-state index in [1.54, 1.807) is 21.7 Å². The molecule has 0 aromatic carbocycles. The van der Waals surface area contributed by atoms with Gasteiger partial charge in [0.05, 0.1) is 15.6 Å². The first-order valence-electron chi connectivity index (χ1n) is 6.30. The van der Waals surface area contributed by atoms with Crippen LogP contribution in [0.1, 0.15) is 5.01 Å². The van der Waals surface area contributed by atoms with Gasteiger partial charge in [-0.2, -0.15) is 4.31 Å². The van der Waals surface area contributed by atoms with Crippen LogP contribution >= 0.6 is 22.7 Å². The summed E-state index contributed by atoms with van der Waals surface area (Å²) in [4.78, 5) is 5.30. The number of nitrogens with one attached hydrogen (secondary N) is 1. The minimum atomic E-state index is -3.35. The number of sulfonamides is 1. The number of aryl methyl sites for hydroxylation is 1. The van der Waals surface area contributed by atoms with Crippen LogP contribution in [0.25, 0.3) is 10.6 Å². The maximum absolute atomic E-state index is 12.5. The summed E-state index contributed by atoms with van der Waals surface area (Å²) in [7, 11) is -3.35. The summed E-state index contributed by atoms with van der Waals surface area (Å²) in [6.07, 6.45) is 0. The summed E-state index contributed by atoms with van der Waals surface area (Å²) in [6, 6.07) is 3.53. The lowest BCUT2D eigenvalue weighted by molar-refractivity contribution is 0.361. The van der Waals surface area contributed by atoms with E-state index in [-0.39, 0.29) is 0 Å². The molecule has 0 atom stereocenters. The topological polar surface area (TPSA) is 62.3 Å². The molecule has 20 heavy (non-hydrogen) atoms. The molecule has 0 amide bonds. The SMILES string of the molecule is Cc1nc(-c2ccc(S(=O)(=O)N3CCNCC3)s2)cs1. The fourth-order valence-electron chi connectivity index (χ4n) is 2.08. The molecule has 2 aromatic heterocycles. The number of thiazole rings is 1. The van der Waals surface area contributed by atoms with E-state index in [9.17, 15) is 8.42 Å². The zero-order valence-corrected chi connectivity index (χ0v) is 13.4. The molecule has 5 nitrogen and oxygen atoms in total. The smallest absolute Gasteiger partial charge is 0.252 e. The molecule has 1 saturated heterocycles. The molecule has 0 saturated carbocycles. The monoisotopic (exact) mass is 329 g/mol. The van der Waals surface area contributed by atoms with Gasteiger partial charge in [0.25, 0.3) is 10.0 Å². The molecule has 0 bridgehead atoms. The molecule has 1 fully saturated rings. The fraction of sp³-hybridized carbons (Fsp3) is 0.417. The van der Waals surface area contributed by atoms with Gasteiger partial charge in [-0.1, -0.05) is 0 Å². The average molecular weight is 329 g/mol. The standard InChI is InChI=1S/C12H15N3O2S3/c1-9-14-10(8-18-9)11-2-3-12(19-11)20(16,17)15-6-4-13-5-7-15/h2-3,8,13H,4-7H2,1H3. The third-order valence-electron chi connectivity index (χ3n) is 3.12. The van der Waals surface area contributed by atoms with E-state index in [0.29, 0.717) is 30.4 Å². The Hall–Kier alpha value is -0.800. The Balaban J connectivity index is 1.89. The van der Waals surface area contributed by atoms with Crippen molar-refractivity contribution >= 4 is 32.7 Å². The minimum absolute atomic E-state index is 0.403. The first kappa shape index (κ1) is 14.2. The predicted molar refractivity (Wildman–Crippen MR) is 81.8 cm³/mol. The number of rotatable bonds is 3. The van der Waals surface area contributed by atoms with Gasteiger partial charge in [-0.05, 0) is 19.1 Å². The summed E-state index contributed by atoms with van der Waals surface area (Å²) in [5.41, 5.74) is 0.860. The number of thiophene rings is 1. The number of hydrogen-bond acceptors (Lipinski definition) is 6. The highest BCUT2D eigenvalue weighted by atomic mass is 32.2. The molecule has 0 aliphatic carbocycles. The molecule has 3 rings (SSSR count).